The number of carbonyl (C=O) groups excluding carboxylic acids is 1. The molecule has 3 N–H and O–H groups in total. The van der Waals surface area contributed by atoms with E-state index in [-0.39, 0.29) is 4.90 Å². The average Bonchev–Trinajstić information content (AvgIpc) is 2.04. The molecular weight excluding hydrogens is 192 g/mol. The number of hydrogen-bond acceptors (Lipinski definition) is 3. The average molecular weight is 199 g/mol. The van der Waals surface area contributed by atoms with Crippen molar-refractivity contribution >= 4 is 22.8 Å². The van der Waals surface area contributed by atoms with Gasteiger partial charge in [0, 0.05) is 10.6 Å². The Balaban J connectivity index is 2.81. The molecule has 1 aromatic carbocycles. The van der Waals surface area contributed by atoms with Gasteiger partial charge < -0.3 is 15.6 Å². The van der Waals surface area contributed by atoms with Crippen molar-refractivity contribution < 1.29 is 13.6 Å². The third-order valence-electron chi connectivity index (χ3n) is 1.31. The lowest BCUT2D eigenvalue weighted by molar-refractivity contribution is 0.259. The van der Waals surface area contributed by atoms with E-state index in [1.54, 1.807) is 0 Å². The van der Waals surface area contributed by atoms with Gasteiger partial charge in [0.15, 0.2) is 0 Å². The van der Waals surface area contributed by atoms with E-state index in [0.717, 1.165) is 0 Å². The molecule has 0 aliphatic carbocycles. The molecule has 0 saturated heterocycles. The molecule has 1 unspecified atom stereocenters. The topological polar surface area (TPSA) is 95.2 Å². The molecule has 0 radical (unpaired) electrons. The Kier molecular flexibility index (Phi) is 2.99. The number of urea groups is 1. The summed E-state index contributed by atoms with van der Waals surface area (Å²) in [6.07, 6.45) is 0. The van der Waals surface area contributed by atoms with Gasteiger partial charge in [0.1, 0.15) is 0 Å². The van der Waals surface area contributed by atoms with Gasteiger partial charge in [-0.1, -0.05) is 0 Å². The zero-order valence-electron chi connectivity index (χ0n) is 6.52. The van der Waals surface area contributed by atoms with Crippen LogP contribution in [0.2, 0.25) is 0 Å². The molecule has 1 aromatic rings. The second-order valence-corrected chi connectivity index (χ2v) is 3.19. The zero-order valence-corrected chi connectivity index (χ0v) is 7.34. The van der Waals surface area contributed by atoms with Gasteiger partial charge in [0.05, 0.1) is 0 Å². The minimum atomic E-state index is -2.24. The molecule has 13 heavy (non-hydrogen) atoms. The second-order valence-electron chi connectivity index (χ2n) is 2.25. The van der Waals surface area contributed by atoms with Crippen LogP contribution in [0.25, 0.3) is 0 Å². The van der Waals surface area contributed by atoms with Crippen molar-refractivity contribution in [3.05, 3.63) is 24.3 Å². The number of benzene rings is 1. The second kappa shape index (κ2) is 4.01. The van der Waals surface area contributed by atoms with Crippen molar-refractivity contribution in [2.75, 3.05) is 5.32 Å². The van der Waals surface area contributed by atoms with Gasteiger partial charge >= 0.3 is 6.03 Å². The van der Waals surface area contributed by atoms with Crippen molar-refractivity contribution in [1.29, 1.82) is 0 Å². The summed E-state index contributed by atoms with van der Waals surface area (Å²) in [7, 11) is 0. The fraction of sp³-hybridized carbons (Fsp3) is 0. The highest BCUT2D eigenvalue weighted by Crippen LogP contribution is 2.10. The lowest BCUT2D eigenvalue weighted by Crippen LogP contribution is -2.19. The van der Waals surface area contributed by atoms with Crippen LogP contribution in [0.5, 0.6) is 0 Å². The third-order valence-corrected chi connectivity index (χ3v) is 1.97. The predicted molar refractivity (Wildman–Crippen MR) is 46.8 cm³/mol. The maximum absolute atomic E-state index is 10.4. The first-order valence-electron chi connectivity index (χ1n) is 3.35. The van der Waals surface area contributed by atoms with E-state index >= 15 is 0 Å². The van der Waals surface area contributed by atoms with Crippen LogP contribution >= 0.6 is 0 Å². The van der Waals surface area contributed by atoms with Crippen LogP contribution < -0.4 is 11.1 Å². The standard InChI is InChI=1S/C7H8N2O3S/c8-7(10)9-5-1-3-6(4-2-5)13(11)12/h1-4H,(H,11,12)(H3,8,9,10)/p-1. The number of carbonyl (C=O) groups is 1. The number of hydrogen-bond donors (Lipinski definition) is 2. The Morgan fingerprint density at radius 3 is 2.31 bits per heavy atom. The number of nitrogens with two attached hydrogens (primary N) is 1. The van der Waals surface area contributed by atoms with Crippen LogP contribution in [0, 0.1) is 0 Å². The fourth-order valence-electron chi connectivity index (χ4n) is 0.792. The first-order valence-corrected chi connectivity index (χ1v) is 4.43. The number of anilines is 1. The Morgan fingerprint density at radius 1 is 1.38 bits per heavy atom. The van der Waals surface area contributed by atoms with Crippen LogP contribution in [0.1, 0.15) is 0 Å². The van der Waals surface area contributed by atoms with Crippen LogP contribution in [0.4, 0.5) is 10.5 Å². The quantitative estimate of drug-likeness (QED) is 0.675. The summed E-state index contributed by atoms with van der Waals surface area (Å²) in [6.45, 7) is 0. The Bertz CT molecular complexity index is 336. The maximum atomic E-state index is 10.4. The smallest absolute Gasteiger partial charge is 0.316 e. The minimum absolute atomic E-state index is 0.162. The predicted octanol–water partition coefficient (Wildman–Crippen LogP) is 0.415. The molecule has 1 atom stereocenters. The van der Waals surface area contributed by atoms with E-state index in [1.807, 2.05) is 0 Å². The van der Waals surface area contributed by atoms with E-state index in [9.17, 15) is 13.6 Å². The van der Waals surface area contributed by atoms with Gasteiger partial charge in [0.2, 0.25) is 0 Å². The van der Waals surface area contributed by atoms with Crippen molar-refractivity contribution in [1.82, 2.24) is 0 Å². The summed E-state index contributed by atoms with van der Waals surface area (Å²) >= 11 is -2.24. The highest BCUT2D eigenvalue weighted by Gasteiger charge is 1.96. The van der Waals surface area contributed by atoms with Crippen molar-refractivity contribution in [3.8, 4) is 0 Å². The molecule has 0 aromatic heterocycles. The van der Waals surface area contributed by atoms with Crippen LogP contribution in [-0.4, -0.2) is 14.8 Å². The molecule has 0 spiro atoms. The van der Waals surface area contributed by atoms with E-state index < -0.39 is 17.1 Å². The number of amides is 2. The molecular formula is C7H7N2O3S-. The summed E-state index contributed by atoms with van der Waals surface area (Å²) in [6, 6.07) is 4.96. The van der Waals surface area contributed by atoms with Gasteiger partial charge in [-0.05, 0) is 35.3 Å². The molecule has 0 aliphatic rings. The van der Waals surface area contributed by atoms with Gasteiger partial charge in [-0.25, -0.2) is 4.79 Å². The van der Waals surface area contributed by atoms with E-state index in [0.29, 0.717) is 5.69 Å². The van der Waals surface area contributed by atoms with Gasteiger partial charge in [-0.15, -0.1) is 0 Å². The molecule has 0 fully saturated rings. The van der Waals surface area contributed by atoms with E-state index in [4.69, 9.17) is 5.73 Å². The lowest BCUT2D eigenvalue weighted by atomic mass is 10.3. The minimum Gasteiger partial charge on any atom is -0.768 e. The molecule has 0 saturated carbocycles. The summed E-state index contributed by atoms with van der Waals surface area (Å²) in [4.78, 5) is 10.5. The Morgan fingerprint density at radius 2 is 1.92 bits per heavy atom. The lowest BCUT2D eigenvalue weighted by Gasteiger charge is -2.05. The largest absolute Gasteiger partial charge is 0.768 e. The highest BCUT2D eigenvalue weighted by molar-refractivity contribution is 7.79. The van der Waals surface area contributed by atoms with Crippen LogP contribution in [-0.2, 0) is 11.1 Å². The molecule has 2 amide bonds. The van der Waals surface area contributed by atoms with E-state index in [1.165, 1.54) is 24.3 Å². The van der Waals surface area contributed by atoms with Crippen molar-refractivity contribution in [2.24, 2.45) is 5.73 Å². The number of primary amides is 1. The monoisotopic (exact) mass is 199 g/mol. The van der Waals surface area contributed by atoms with E-state index in [2.05, 4.69) is 5.32 Å². The van der Waals surface area contributed by atoms with Crippen LogP contribution in [0.3, 0.4) is 0 Å². The third kappa shape index (κ3) is 2.85. The molecule has 0 heterocycles. The summed E-state index contributed by atoms with van der Waals surface area (Å²) < 4.78 is 20.8. The fourth-order valence-corrected chi connectivity index (χ4v) is 1.15. The SMILES string of the molecule is NC(=O)Nc1ccc(S(=O)[O-])cc1. The van der Waals surface area contributed by atoms with Gasteiger partial charge in [-0.3, -0.25) is 4.21 Å². The first-order chi connectivity index (χ1) is 6.09. The normalized spacial score (nSPS) is 12.1. The number of nitrogens with one attached hydrogen (secondary N) is 1. The molecule has 70 valence electrons. The maximum Gasteiger partial charge on any atom is 0.316 e. The van der Waals surface area contributed by atoms with Gasteiger partial charge in [0.25, 0.3) is 0 Å². The summed E-state index contributed by atoms with van der Waals surface area (Å²) in [5, 5.41) is 2.31. The number of rotatable bonds is 2. The van der Waals surface area contributed by atoms with Crippen molar-refractivity contribution in [2.45, 2.75) is 4.90 Å². The Hall–Kier alpha value is -1.40. The molecule has 0 aliphatic heterocycles. The molecule has 1 rings (SSSR count). The summed E-state index contributed by atoms with van der Waals surface area (Å²) in [5.41, 5.74) is 5.31. The highest BCUT2D eigenvalue weighted by atomic mass is 32.2. The van der Waals surface area contributed by atoms with Crippen molar-refractivity contribution in [3.63, 3.8) is 0 Å². The zero-order chi connectivity index (χ0) is 9.84. The Labute approximate surface area is 77.2 Å². The van der Waals surface area contributed by atoms with Crippen LogP contribution in [0.15, 0.2) is 29.2 Å². The molecule has 0 bridgehead atoms. The van der Waals surface area contributed by atoms with Gasteiger partial charge in [-0.2, -0.15) is 0 Å². The molecule has 6 heteroatoms. The molecule has 5 nitrogen and oxygen atoms in total. The summed E-state index contributed by atoms with van der Waals surface area (Å²) in [5.74, 6) is 0. The first kappa shape index (κ1) is 9.69.